The lowest BCUT2D eigenvalue weighted by Gasteiger charge is -2.13. The van der Waals surface area contributed by atoms with Gasteiger partial charge in [0.1, 0.15) is 5.69 Å². The average Bonchev–Trinajstić information content (AvgIpc) is 2.58. The minimum absolute atomic E-state index is 0.0262. The van der Waals surface area contributed by atoms with E-state index in [0.29, 0.717) is 0 Å². The van der Waals surface area contributed by atoms with Crippen LogP contribution >= 0.6 is 0 Å². The van der Waals surface area contributed by atoms with Gasteiger partial charge in [0.05, 0.1) is 27.2 Å². The summed E-state index contributed by atoms with van der Waals surface area (Å²) < 4.78 is 154. The first-order chi connectivity index (χ1) is 13.8. The molecule has 0 fully saturated rings. The highest BCUT2D eigenvalue weighted by atomic mass is 19.4. The van der Waals surface area contributed by atoms with Crippen LogP contribution in [0.4, 0.5) is 64.1 Å². The van der Waals surface area contributed by atoms with Gasteiger partial charge in [-0.1, -0.05) is 0 Å². The Hall–Kier alpha value is -3.00. The highest BCUT2D eigenvalue weighted by molar-refractivity contribution is 5.50. The van der Waals surface area contributed by atoms with Crippen LogP contribution < -0.4 is 5.43 Å². The van der Waals surface area contributed by atoms with Gasteiger partial charge in [-0.3, -0.25) is 0 Å². The van der Waals surface area contributed by atoms with E-state index in [1.54, 1.807) is 0 Å². The van der Waals surface area contributed by atoms with Gasteiger partial charge in [-0.2, -0.15) is 52.7 Å². The second kappa shape index (κ2) is 7.60. The molecule has 3 nitrogen and oxygen atoms in total. The molecule has 0 atom stereocenters. The van der Waals surface area contributed by atoms with E-state index in [1.165, 1.54) is 5.43 Å². The van der Waals surface area contributed by atoms with Crippen LogP contribution in [0.15, 0.2) is 36.4 Å². The zero-order valence-electron chi connectivity index (χ0n) is 14.4. The summed E-state index contributed by atoms with van der Waals surface area (Å²) in [5.74, 6) is 0. The third kappa shape index (κ3) is 6.01. The fourth-order valence-electron chi connectivity index (χ4n) is 2.26. The predicted octanol–water partition coefficient (Wildman–Crippen LogP) is 7.20. The third-order valence-electron chi connectivity index (χ3n) is 3.63. The fourth-order valence-corrected chi connectivity index (χ4v) is 2.26. The molecule has 1 N–H and O–H groups in total. The van der Waals surface area contributed by atoms with Crippen LogP contribution in [0.25, 0.3) is 0 Å². The molecule has 0 saturated carbocycles. The number of benzene rings is 2. The second-order valence-electron chi connectivity index (χ2n) is 5.96. The fraction of sp³-hybridized carbons (Fsp3) is 0.250. The van der Waals surface area contributed by atoms with Gasteiger partial charge in [0.25, 0.3) is 5.69 Å². The summed E-state index contributed by atoms with van der Waals surface area (Å²) in [6.45, 7) is 0. The van der Waals surface area contributed by atoms with Crippen LogP contribution in [-0.2, 0) is 24.7 Å². The molecular formula is C16H7F12N2O+. The van der Waals surface area contributed by atoms with Gasteiger partial charge in [-0.05, 0) is 24.3 Å². The van der Waals surface area contributed by atoms with Crippen molar-refractivity contribution in [2.24, 2.45) is 0 Å². The Labute approximate surface area is 163 Å². The van der Waals surface area contributed by atoms with Gasteiger partial charge in [-0.15, -0.1) is 5.43 Å². The minimum atomic E-state index is -5.34. The van der Waals surface area contributed by atoms with Gasteiger partial charge >= 0.3 is 24.7 Å². The lowest BCUT2D eigenvalue weighted by molar-refractivity contribution is -0.428. The maximum absolute atomic E-state index is 12.8. The number of rotatable bonds is 3. The van der Waals surface area contributed by atoms with Crippen LogP contribution in [0.2, 0.25) is 0 Å². The molecule has 0 bridgehead atoms. The van der Waals surface area contributed by atoms with E-state index in [0.717, 1.165) is 0 Å². The Morgan fingerprint density at radius 3 is 1.10 bits per heavy atom. The van der Waals surface area contributed by atoms with E-state index in [2.05, 4.69) is 0 Å². The van der Waals surface area contributed by atoms with Crippen molar-refractivity contribution in [1.82, 2.24) is 0 Å². The molecule has 2 aromatic rings. The number of hydrogen-bond acceptors (Lipinski definition) is 1. The molecule has 0 spiro atoms. The first-order valence-electron chi connectivity index (χ1n) is 7.61. The van der Waals surface area contributed by atoms with E-state index >= 15 is 0 Å². The van der Waals surface area contributed by atoms with Crippen molar-refractivity contribution in [2.75, 3.05) is 5.43 Å². The first-order valence-corrected chi connectivity index (χ1v) is 7.61. The lowest BCUT2D eigenvalue weighted by atomic mass is 10.1. The molecule has 0 aromatic heterocycles. The zero-order chi connectivity index (χ0) is 24.0. The van der Waals surface area contributed by atoms with Gasteiger partial charge in [0, 0.05) is 12.1 Å². The molecule has 0 amide bonds. The summed E-state index contributed by atoms with van der Waals surface area (Å²) in [4.78, 5) is 11.2. The summed E-state index contributed by atoms with van der Waals surface area (Å²) in [5.41, 5.74) is -8.72. The maximum atomic E-state index is 12.8. The molecule has 0 aliphatic heterocycles. The molecule has 31 heavy (non-hydrogen) atoms. The van der Waals surface area contributed by atoms with Crippen LogP contribution in [0, 0.1) is 4.91 Å². The summed E-state index contributed by atoms with van der Waals surface area (Å²) in [6.07, 6.45) is -21.3. The van der Waals surface area contributed by atoms with Crippen LogP contribution in [-0.4, -0.2) is 4.87 Å². The monoisotopic (exact) mass is 471 g/mol. The van der Waals surface area contributed by atoms with Gasteiger partial charge in [0.2, 0.25) is 0 Å². The molecule has 0 aliphatic rings. The highest BCUT2D eigenvalue weighted by Crippen LogP contribution is 2.40. The number of hydrazine groups is 1. The molecule has 170 valence electrons. The number of anilines is 1. The summed E-state index contributed by atoms with van der Waals surface area (Å²) in [7, 11) is 0. The van der Waals surface area contributed by atoms with Crippen molar-refractivity contribution >= 4 is 11.4 Å². The molecule has 0 radical (unpaired) electrons. The van der Waals surface area contributed by atoms with Crippen molar-refractivity contribution in [1.29, 1.82) is 0 Å². The van der Waals surface area contributed by atoms with Crippen molar-refractivity contribution in [3.05, 3.63) is 63.6 Å². The number of hydrogen-bond donors (Lipinski definition) is 1. The van der Waals surface area contributed by atoms with E-state index in [4.69, 9.17) is 0 Å². The minimum Gasteiger partial charge on any atom is -0.166 e. The molecule has 0 unspecified atom stereocenters. The Morgan fingerprint density at radius 2 is 0.806 bits per heavy atom. The predicted molar refractivity (Wildman–Crippen MR) is 79.8 cm³/mol. The zero-order valence-corrected chi connectivity index (χ0v) is 14.4. The average molecular weight is 471 g/mol. The van der Waals surface area contributed by atoms with Gasteiger partial charge in [0.15, 0.2) is 4.87 Å². The number of halogens is 12. The molecule has 0 saturated heterocycles. The number of nitroso groups, excluding NO2 is 1. The molecule has 15 heteroatoms. The van der Waals surface area contributed by atoms with E-state index in [-0.39, 0.29) is 36.4 Å². The van der Waals surface area contributed by atoms with E-state index < -0.39 is 63.2 Å². The van der Waals surface area contributed by atoms with E-state index in [9.17, 15) is 57.6 Å². The largest absolute Gasteiger partial charge is 0.416 e. The summed E-state index contributed by atoms with van der Waals surface area (Å²) in [6, 6.07) is -0.673. The summed E-state index contributed by atoms with van der Waals surface area (Å²) in [5, 5.41) is 0. The third-order valence-corrected chi connectivity index (χ3v) is 3.63. The highest BCUT2D eigenvalue weighted by Gasteiger charge is 2.40. The van der Waals surface area contributed by atoms with Crippen LogP contribution in [0.3, 0.4) is 0 Å². The number of alkyl halides is 12. The second-order valence-corrected chi connectivity index (χ2v) is 5.96. The van der Waals surface area contributed by atoms with Crippen molar-refractivity contribution in [3.63, 3.8) is 0 Å². The molecular weight excluding hydrogens is 464 g/mol. The Morgan fingerprint density at radius 1 is 0.516 bits per heavy atom. The van der Waals surface area contributed by atoms with Crippen molar-refractivity contribution in [2.45, 2.75) is 24.7 Å². The molecule has 0 heterocycles. The number of nitrogens with zero attached hydrogens (tertiary/aromatic N) is 1. The Kier molecular flexibility index (Phi) is 5.95. The standard InChI is InChI=1S/C16H7F12N2O/c17-13(18,19)7-1-8(14(20,21)22)4-11(3-7)29-30(31)12-5-9(15(23,24)25)2-10(6-12)16(26,27)28/h1-6H,(H,29,31)/q+1. The smallest absolute Gasteiger partial charge is 0.166 e. The van der Waals surface area contributed by atoms with Crippen molar-refractivity contribution < 1.29 is 57.6 Å². The molecule has 2 rings (SSSR count). The van der Waals surface area contributed by atoms with E-state index in [1.807, 2.05) is 0 Å². The van der Waals surface area contributed by atoms with Crippen LogP contribution in [0.1, 0.15) is 22.3 Å². The maximum Gasteiger partial charge on any atom is 0.416 e. The molecule has 0 aliphatic carbocycles. The quantitative estimate of drug-likeness (QED) is 0.292. The first kappa shape index (κ1) is 24.3. The van der Waals surface area contributed by atoms with Gasteiger partial charge < -0.3 is 0 Å². The number of nitrogens with one attached hydrogen (secondary N) is 1. The SMILES string of the molecule is O=[N+](Nc1cc(C(F)(F)F)cc(C(F)(F)F)c1)c1cc(C(F)(F)F)cc(C(F)(F)F)c1. The molecule has 2 aromatic carbocycles. The van der Waals surface area contributed by atoms with Gasteiger partial charge in [-0.25, -0.2) is 0 Å². The normalized spacial score (nSPS) is 13.3. The van der Waals surface area contributed by atoms with Crippen LogP contribution in [0.5, 0.6) is 0 Å². The Bertz CT molecular complexity index is 922. The lowest BCUT2D eigenvalue weighted by Crippen LogP contribution is -2.17. The van der Waals surface area contributed by atoms with Crippen molar-refractivity contribution in [3.8, 4) is 0 Å². The summed E-state index contributed by atoms with van der Waals surface area (Å²) >= 11 is 0. The topological polar surface area (TPSA) is 32.1 Å². The Balaban J connectivity index is 2.54.